The molecule has 0 aromatic heterocycles. The van der Waals surface area contributed by atoms with E-state index in [0.717, 1.165) is 38.6 Å². The Labute approximate surface area is 323 Å². The summed E-state index contributed by atoms with van der Waals surface area (Å²) in [6.45, 7) is 10.8. The van der Waals surface area contributed by atoms with Crippen LogP contribution in [0, 0.1) is 46.3 Å². The van der Waals surface area contributed by atoms with Crippen molar-refractivity contribution in [1.82, 2.24) is 5.32 Å². The number of fused-ring (bicyclic) bond motifs is 5. The van der Waals surface area contributed by atoms with E-state index in [1.165, 1.54) is 26.2 Å². The van der Waals surface area contributed by atoms with Gasteiger partial charge in [-0.05, 0) is 132 Å². The standard InChI is InChI=1S/C43H74N2O9/c1-6-7-8-9-10-27-23-54-38(24(27)2)39(51)41(5,52)34-15-18-43(53)36-28(19-31(47)25(3)46)37(50)30-20-32(48)33(49)21-42(30,29(36)14-16-40(34,43)4)17-13-26-11-12-35(44)45-22-26/h24-27,29-35,38-39,45-49,51-53H,6-23,44H2,1-5H3. The molecule has 11 nitrogen and oxygen atoms in total. The molecule has 2 saturated heterocycles. The van der Waals surface area contributed by atoms with Gasteiger partial charge >= 0.3 is 0 Å². The summed E-state index contributed by atoms with van der Waals surface area (Å²) in [5, 5.41) is 85.2. The molecule has 2 aliphatic heterocycles. The third-order valence-corrected chi connectivity index (χ3v) is 16.4. The lowest BCUT2D eigenvalue weighted by atomic mass is 9.42. The van der Waals surface area contributed by atoms with Gasteiger partial charge in [0.2, 0.25) is 0 Å². The van der Waals surface area contributed by atoms with E-state index in [9.17, 15) is 35.7 Å². The number of nitrogens with one attached hydrogen (secondary N) is 1. The number of aliphatic hydroxyl groups excluding tert-OH is 5. The van der Waals surface area contributed by atoms with Gasteiger partial charge in [0.25, 0.3) is 0 Å². The quantitative estimate of drug-likeness (QED) is 0.117. The molecule has 5 fully saturated rings. The van der Waals surface area contributed by atoms with E-state index in [0.29, 0.717) is 55.3 Å². The fourth-order valence-electron chi connectivity index (χ4n) is 12.9. The highest BCUT2D eigenvalue weighted by atomic mass is 16.5. The van der Waals surface area contributed by atoms with E-state index in [2.05, 4.69) is 19.2 Å². The highest BCUT2D eigenvalue weighted by Crippen LogP contribution is 2.71. The molecule has 3 saturated carbocycles. The molecule has 54 heavy (non-hydrogen) atoms. The third kappa shape index (κ3) is 7.32. The van der Waals surface area contributed by atoms with Crippen molar-refractivity contribution in [2.24, 2.45) is 52.1 Å². The summed E-state index contributed by atoms with van der Waals surface area (Å²) in [5.74, 6) is -0.960. The first-order chi connectivity index (χ1) is 25.4. The topological polar surface area (TPSA) is 206 Å². The molecule has 6 rings (SSSR count). The molecule has 0 bridgehead atoms. The number of nitrogens with two attached hydrogens (primary N) is 1. The SMILES string of the molecule is CCCCCCC1COC(C(O)C(C)(O)C2CCC3(O)C4=C(CC(O)C(C)O)C(=O)C5CC(O)C(O)CC5(CCC5CCC(N)NC5)C4CCC23C)C1C. The number of ketones is 1. The van der Waals surface area contributed by atoms with Gasteiger partial charge in [-0.2, -0.15) is 0 Å². The molecule has 310 valence electrons. The van der Waals surface area contributed by atoms with E-state index in [-0.39, 0.29) is 49.5 Å². The monoisotopic (exact) mass is 763 g/mol. The molecule has 0 radical (unpaired) electrons. The number of Topliss-reactive ketones (excluding diaryl/α,β-unsaturated/α-hetero) is 1. The van der Waals surface area contributed by atoms with Crippen molar-refractivity contribution in [3.8, 4) is 0 Å². The van der Waals surface area contributed by atoms with E-state index in [1.54, 1.807) is 6.92 Å². The molecule has 6 aliphatic rings. The minimum atomic E-state index is -1.61. The number of carbonyl (C=O) groups is 1. The first kappa shape index (κ1) is 42.6. The van der Waals surface area contributed by atoms with Crippen molar-refractivity contribution in [2.75, 3.05) is 13.2 Å². The highest BCUT2D eigenvalue weighted by Gasteiger charge is 2.71. The van der Waals surface area contributed by atoms with Crippen LogP contribution in [0.25, 0.3) is 0 Å². The fourth-order valence-corrected chi connectivity index (χ4v) is 12.9. The van der Waals surface area contributed by atoms with Crippen molar-refractivity contribution in [2.45, 2.75) is 191 Å². The molecule has 0 aromatic carbocycles. The Balaban J connectivity index is 1.35. The number of piperidine rings is 1. The summed E-state index contributed by atoms with van der Waals surface area (Å²) < 4.78 is 6.26. The Hall–Kier alpha value is -0.990. The van der Waals surface area contributed by atoms with Gasteiger partial charge in [-0.3, -0.25) is 4.79 Å². The molecule has 0 spiro atoms. The molecule has 17 atom stereocenters. The van der Waals surface area contributed by atoms with E-state index in [4.69, 9.17) is 10.5 Å². The molecule has 10 N–H and O–H groups in total. The zero-order chi connectivity index (χ0) is 39.4. The molecular weight excluding hydrogens is 688 g/mol. The molecule has 11 heteroatoms. The van der Waals surface area contributed by atoms with Crippen LogP contribution < -0.4 is 11.1 Å². The zero-order valence-electron chi connectivity index (χ0n) is 33.8. The number of hydrogen-bond donors (Lipinski definition) is 9. The lowest BCUT2D eigenvalue weighted by molar-refractivity contribution is -0.196. The molecule has 0 amide bonds. The van der Waals surface area contributed by atoms with Crippen LogP contribution in [0.15, 0.2) is 11.1 Å². The van der Waals surface area contributed by atoms with Gasteiger partial charge in [-0.1, -0.05) is 46.5 Å². The maximum atomic E-state index is 15.0. The summed E-state index contributed by atoms with van der Waals surface area (Å²) in [6.07, 6.45) is 4.74. The maximum absolute atomic E-state index is 15.0. The average molecular weight is 763 g/mol. The summed E-state index contributed by atoms with van der Waals surface area (Å²) in [5.41, 5.74) is 2.25. The first-order valence-corrected chi connectivity index (χ1v) is 21.7. The highest BCUT2D eigenvalue weighted by molar-refractivity contribution is 6.00. The molecule has 0 aromatic rings. The van der Waals surface area contributed by atoms with Crippen LogP contribution in [-0.2, 0) is 9.53 Å². The molecule has 17 unspecified atom stereocenters. The Bertz CT molecular complexity index is 1350. The number of hydrogen-bond acceptors (Lipinski definition) is 11. The van der Waals surface area contributed by atoms with Gasteiger partial charge < -0.3 is 51.5 Å². The number of ether oxygens (including phenoxy) is 1. The third-order valence-electron chi connectivity index (χ3n) is 16.4. The number of carbonyl (C=O) groups excluding carboxylic acids is 1. The summed E-state index contributed by atoms with van der Waals surface area (Å²) in [6, 6.07) is 0. The van der Waals surface area contributed by atoms with Crippen molar-refractivity contribution in [3.05, 3.63) is 11.1 Å². The van der Waals surface area contributed by atoms with Crippen molar-refractivity contribution in [1.29, 1.82) is 0 Å². The van der Waals surface area contributed by atoms with Crippen LogP contribution in [0.4, 0.5) is 0 Å². The Morgan fingerprint density at radius 2 is 1.76 bits per heavy atom. The predicted molar refractivity (Wildman–Crippen MR) is 206 cm³/mol. The van der Waals surface area contributed by atoms with Crippen LogP contribution in [0.2, 0.25) is 0 Å². The number of unbranched alkanes of at least 4 members (excludes halogenated alkanes) is 3. The number of rotatable bonds is 14. The summed E-state index contributed by atoms with van der Waals surface area (Å²) in [7, 11) is 0. The second kappa shape index (κ2) is 16.3. The largest absolute Gasteiger partial charge is 0.391 e. The van der Waals surface area contributed by atoms with Crippen LogP contribution in [-0.4, -0.2) is 109 Å². The second-order valence-electron chi connectivity index (χ2n) is 19.5. The summed E-state index contributed by atoms with van der Waals surface area (Å²) >= 11 is 0. The molecular formula is C43H74N2O9. The minimum absolute atomic E-state index is 0.0377. The Morgan fingerprint density at radius 1 is 1.02 bits per heavy atom. The smallest absolute Gasteiger partial charge is 0.162 e. The Morgan fingerprint density at radius 3 is 2.43 bits per heavy atom. The lowest BCUT2D eigenvalue weighted by Gasteiger charge is -2.63. The van der Waals surface area contributed by atoms with Crippen molar-refractivity contribution < 1.29 is 45.3 Å². The van der Waals surface area contributed by atoms with Crippen molar-refractivity contribution in [3.63, 3.8) is 0 Å². The Kier molecular flexibility index (Phi) is 12.9. The van der Waals surface area contributed by atoms with Gasteiger partial charge in [-0.25, -0.2) is 0 Å². The van der Waals surface area contributed by atoms with Crippen LogP contribution in [0.1, 0.15) is 137 Å². The van der Waals surface area contributed by atoms with Gasteiger partial charge in [0, 0.05) is 23.3 Å². The van der Waals surface area contributed by atoms with Crippen LogP contribution in [0.5, 0.6) is 0 Å². The second-order valence-corrected chi connectivity index (χ2v) is 19.5. The van der Waals surface area contributed by atoms with Crippen LogP contribution in [0.3, 0.4) is 0 Å². The fraction of sp³-hybridized carbons (Fsp3) is 0.930. The van der Waals surface area contributed by atoms with Gasteiger partial charge in [0.05, 0.1) is 54.5 Å². The van der Waals surface area contributed by atoms with E-state index in [1.807, 2.05) is 6.92 Å². The molecule has 2 heterocycles. The normalized spacial score (nSPS) is 45.3. The molecule has 4 aliphatic carbocycles. The van der Waals surface area contributed by atoms with Gasteiger partial charge in [0.1, 0.15) is 6.10 Å². The number of aliphatic hydroxyl groups is 7. The average Bonchev–Trinajstić information content (AvgIpc) is 3.64. The van der Waals surface area contributed by atoms with Crippen molar-refractivity contribution >= 4 is 5.78 Å². The minimum Gasteiger partial charge on any atom is -0.391 e. The lowest BCUT2D eigenvalue weighted by Crippen LogP contribution is -2.65. The van der Waals surface area contributed by atoms with Gasteiger partial charge in [-0.15, -0.1) is 0 Å². The summed E-state index contributed by atoms with van der Waals surface area (Å²) in [4.78, 5) is 15.0. The van der Waals surface area contributed by atoms with E-state index < -0.39 is 70.5 Å². The van der Waals surface area contributed by atoms with Crippen LogP contribution >= 0.6 is 0 Å². The zero-order valence-corrected chi connectivity index (χ0v) is 33.8. The predicted octanol–water partition coefficient (Wildman–Crippen LogP) is 3.47. The van der Waals surface area contributed by atoms with E-state index >= 15 is 4.79 Å². The first-order valence-electron chi connectivity index (χ1n) is 21.7. The van der Waals surface area contributed by atoms with Gasteiger partial charge in [0.15, 0.2) is 5.78 Å². The maximum Gasteiger partial charge on any atom is 0.162 e.